The number of hydrogen-bond acceptors (Lipinski definition) is 3. The number of carbonyl (C=O) groups excluding carboxylic acids is 1. The van der Waals surface area contributed by atoms with E-state index in [1.54, 1.807) is 11.8 Å². The average Bonchev–Trinajstić information content (AvgIpc) is 2.87. The zero-order chi connectivity index (χ0) is 19.4. The highest BCUT2D eigenvalue weighted by Gasteiger charge is 2.38. The molecule has 1 amide bonds. The third kappa shape index (κ3) is 4.57. The molecule has 1 aliphatic carbocycles. The van der Waals surface area contributed by atoms with Crippen molar-refractivity contribution in [3.63, 3.8) is 0 Å². The molecule has 1 saturated carbocycles. The van der Waals surface area contributed by atoms with Crippen molar-refractivity contribution in [3.05, 3.63) is 47.3 Å². The van der Waals surface area contributed by atoms with E-state index in [1.165, 1.54) is 17.7 Å². The Bertz CT molecular complexity index is 778. The fourth-order valence-corrected chi connectivity index (χ4v) is 4.66. The summed E-state index contributed by atoms with van der Waals surface area (Å²) in [4.78, 5) is 17.2. The molecule has 1 fully saturated rings. The number of rotatable bonds is 8. The molecule has 146 valence electrons. The van der Waals surface area contributed by atoms with Gasteiger partial charge < -0.3 is 9.88 Å². The number of nitrogens with one attached hydrogen (secondary N) is 1. The fourth-order valence-electron chi connectivity index (χ4n) is 3.73. The molecule has 5 heteroatoms. The summed E-state index contributed by atoms with van der Waals surface area (Å²) in [7, 11) is 0. The molecule has 1 aromatic heterocycles. The first-order valence-electron chi connectivity index (χ1n) is 9.90. The van der Waals surface area contributed by atoms with E-state index in [4.69, 9.17) is 0 Å². The standard InChI is InChI=1S/C22H31N3OS/c1-16(2)13-25-18(4)17(3)24-21(25)27-14-20(26)23-15-22(11-8-12-22)19-9-6-5-7-10-19/h5-7,9-10,16H,8,11-15H2,1-4H3,(H,23,26). The van der Waals surface area contributed by atoms with Gasteiger partial charge in [0, 0.05) is 24.2 Å². The van der Waals surface area contributed by atoms with Gasteiger partial charge in [-0.25, -0.2) is 4.98 Å². The predicted molar refractivity (Wildman–Crippen MR) is 112 cm³/mol. The van der Waals surface area contributed by atoms with Crippen LogP contribution in [0, 0.1) is 19.8 Å². The Labute approximate surface area is 167 Å². The zero-order valence-electron chi connectivity index (χ0n) is 16.9. The van der Waals surface area contributed by atoms with Crippen LogP contribution < -0.4 is 5.32 Å². The van der Waals surface area contributed by atoms with Crippen molar-refractivity contribution in [2.24, 2.45) is 5.92 Å². The van der Waals surface area contributed by atoms with Crippen LogP contribution in [0.5, 0.6) is 0 Å². The molecule has 0 saturated heterocycles. The van der Waals surface area contributed by atoms with Crippen molar-refractivity contribution in [1.82, 2.24) is 14.9 Å². The van der Waals surface area contributed by atoms with E-state index < -0.39 is 0 Å². The van der Waals surface area contributed by atoms with Crippen LogP contribution in [-0.2, 0) is 16.8 Å². The maximum atomic E-state index is 12.5. The van der Waals surface area contributed by atoms with Crippen LogP contribution in [0.2, 0.25) is 0 Å². The number of aromatic nitrogens is 2. The molecular weight excluding hydrogens is 354 g/mol. The third-order valence-electron chi connectivity index (χ3n) is 5.62. The van der Waals surface area contributed by atoms with Crippen molar-refractivity contribution in [3.8, 4) is 0 Å². The van der Waals surface area contributed by atoms with Crippen LogP contribution in [0.3, 0.4) is 0 Å². The molecular formula is C22H31N3OS. The lowest BCUT2D eigenvalue weighted by molar-refractivity contribution is -0.119. The van der Waals surface area contributed by atoms with Crippen molar-refractivity contribution in [2.45, 2.75) is 64.1 Å². The maximum absolute atomic E-state index is 12.5. The van der Waals surface area contributed by atoms with Gasteiger partial charge in [0.1, 0.15) is 0 Å². The van der Waals surface area contributed by atoms with Gasteiger partial charge in [0.05, 0.1) is 11.4 Å². The summed E-state index contributed by atoms with van der Waals surface area (Å²) in [5, 5.41) is 4.13. The molecule has 1 N–H and O–H groups in total. The Hall–Kier alpha value is -1.75. The maximum Gasteiger partial charge on any atom is 0.230 e. The van der Waals surface area contributed by atoms with Crippen LogP contribution >= 0.6 is 11.8 Å². The number of benzene rings is 1. The van der Waals surface area contributed by atoms with Crippen LogP contribution in [0.4, 0.5) is 0 Å². The van der Waals surface area contributed by atoms with Gasteiger partial charge in [-0.2, -0.15) is 0 Å². The molecule has 0 spiro atoms. The topological polar surface area (TPSA) is 46.9 Å². The van der Waals surface area contributed by atoms with Gasteiger partial charge in [-0.05, 0) is 38.2 Å². The highest BCUT2D eigenvalue weighted by Crippen LogP contribution is 2.43. The monoisotopic (exact) mass is 385 g/mol. The molecule has 27 heavy (non-hydrogen) atoms. The highest BCUT2D eigenvalue weighted by molar-refractivity contribution is 7.99. The number of nitrogens with zero attached hydrogens (tertiary/aromatic N) is 2. The van der Waals surface area contributed by atoms with Crippen LogP contribution in [0.25, 0.3) is 0 Å². The first-order chi connectivity index (χ1) is 12.9. The van der Waals surface area contributed by atoms with Gasteiger partial charge >= 0.3 is 0 Å². The number of aryl methyl sites for hydroxylation is 1. The first-order valence-corrected chi connectivity index (χ1v) is 10.9. The highest BCUT2D eigenvalue weighted by atomic mass is 32.2. The van der Waals surface area contributed by atoms with Crippen molar-refractivity contribution >= 4 is 17.7 Å². The second-order valence-electron chi connectivity index (χ2n) is 8.13. The van der Waals surface area contributed by atoms with Crippen LogP contribution in [-0.4, -0.2) is 27.8 Å². The summed E-state index contributed by atoms with van der Waals surface area (Å²) in [5.41, 5.74) is 3.73. The Kier molecular flexibility index (Phi) is 6.30. The summed E-state index contributed by atoms with van der Waals surface area (Å²) >= 11 is 1.54. The van der Waals surface area contributed by atoms with E-state index >= 15 is 0 Å². The summed E-state index contributed by atoms with van der Waals surface area (Å²) in [6, 6.07) is 10.6. The van der Waals surface area contributed by atoms with E-state index in [-0.39, 0.29) is 11.3 Å². The quantitative estimate of drug-likeness (QED) is 0.681. The minimum absolute atomic E-state index is 0.0941. The van der Waals surface area contributed by atoms with Crippen molar-refractivity contribution in [2.75, 3.05) is 12.3 Å². The summed E-state index contributed by atoms with van der Waals surface area (Å²) in [6.07, 6.45) is 3.55. The Morgan fingerprint density at radius 3 is 2.56 bits per heavy atom. The zero-order valence-corrected chi connectivity index (χ0v) is 17.7. The number of amides is 1. The second-order valence-corrected chi connectivity index (χ2v) is 9.08. The van der Waals surface area contributed by atoms with Gasteiger partial charge in [-0.15, -0.1) is 0 Å². The lowest BCUT2D eigenvalue weighted by Gasteiger charge is -2.42. The van der Waals surface area contributed by atoms with E-state index in [1.807, 2.05) is 13.0 Å². The number of thioether (sulfide) groups is 1. The molecule has 0 radical (unpaired) electrons. The third-order valence-corrected chi connectivity index (χ3v) is 6.60. The molecule has 2 aromatic rings. The number of hydrogen-bond donors (Lipinski definition) is 1. The normalized spacial score (nSPS) is 15.6. The first kappa shape index (κ1) is 20.0. The van der Waals surface area contributed by atoms with E-state index in [0.29, 0.717) is 11.7 Å². The minimum Gasteiger partial charge on any atom is -0.354 e. The van der Waals surface area contributed by atoms with Crippen LogP contribution in [0.15, 0.2) is 35.5 Å². The van der Waals surface area contributed by atoms with Crippen molar-refractivity contribution in [1.29, 1.82) is 0 Å². The van der Waals surface area contributed by atoms with E-state index in [2.05, 4.69) is 59.9 Å². The van der Waals surface area contributed by atoms with Gasteiger partial charge in [0.2, 0.25) is 5.91 Å². The molecule has 0 bridgehead atoms. The largest absolute Gasteiger partial charge is 0.354 e. The van der Waals surface area contributed by atoms with E-state index in [0.717, 1.165) is 36.8 Å². The Morgan fingerprint density at radius 2 is 1.96 bits per heavy atom. The fraction of sp³-hybridized carbons (Fsp3) is 0.545. The summed E-state index contributed by atoms with van der Waals surface area (Å²) < 4.78 is 2.25. The number of imidazole rings is 1. The molecule has 4 nitrogen and oxygen atoms in total. The van der Waals surface area contributed by atoms with Gasteiger partial charge in [-0.1, -0.05) is 62.4 Å². The Morgan fingerprint density at radius 1 is 1.26 bits per heavy atom. The summed E-state index contributed by atoms with van der Waals surface area (Å²) in [6.45, 7) is 10.2. The van der Waals surface area contributed by atoms with Crippen molar-refractivity contribution < 1.29 is 4.79 Å². The lowest BCUT2D eigenvalue weighted by atomic mass is 9.64. The molecule has 1 aromatic carbocycles. The Balaban J connectivity index is 1.57. The van der Waals surface area contributed by atoms with Gasteiger partial charge in [0.15, 0.2) is 5.16 Å². The smallest absolute Gasteiger partial charge is 0.230 e. The SMILES string of the molecule is Cc1nc(SCC(=O)NCC2(c3ccccc3)CCC2)n(CC(C)C)c1C. The van der Waals surface area contributed by atoms with Crippen LogP contribution in [0.1, 0.15) is 50.1 Å². The summed E-state index contributed by atoms with van der Waals surface area (Å²) in [5.74, 6) is 1.06. The molecule has 1 aliphatic rings. The molecule has 1 heterocycles. The van der Waals surface area contributed by atoms with Gasteiger partial charge in [-0.3, -0.25) is 4.79 Å². The van der Waals surface area contributed by atoms with E-state index in [9.17, 15) is 4.79 Å². The average molecular weight is 386 g/mol. The second kappa shape index (κ2) is 8.51. The molecule has 0 aliphatic heterocycles. The minimum atomic E-state index is 0.0941. The molecule has 3 rings (SSSR count). The molecule has 0 atom stereocenters. The van der Waals surface area contributed by atoms with Gasteiger partial charge in [0.25, 0.3) is 0 Å². The molecule has 0 unspecified atom stereocenters. The predicted octanol–water partition coefficient (Wildman–Crippen LogP) is 4.49. The lowest BCUT2D eigenvalue weighted by Crippen LogP contribution is -2.46. The number of carbonyl (C=O) groups is 1.